The van der Waals surface area contributed by atoms with Gasteiger partial charge >= 0.3 is 0 Å². The van der Waals surface area contributed by atoms with Crippen molar-refractivity contribution in [2.24, 2.45) is 0 Å². The number of phenols is 1. The lowest BCUT2D eigenvalue weighted by molar-refractivity contribution is 0.384. The zero-order chi connectivity index (χ0) is 15.4. The minimum atomic E-state index is -0.366. The van der Waals surface area contributed by atoms with E-state index in [0.29, 0.717) is 0 Å². The second-order valence-corrected chi connectivity index (χ2v) is 5.10. The van der Waals surface area contributed by atoms with E-state index in [4.69, 9.17) is 4.74 Å². The lowest BCUT2D eigenvalue weighted by Gasteiger charge is -2.21. The minimum absolute atomic E-state index is 0.0249. The number of rotatable bonds is 5. The molecule has 0 saturated carbocycles. The summed E-state index contributed by atoms with van der Waals surface area (Å²) in [5, 5.41) is 12.9. The SMILES string of the molecule is COc1cc(C(C)NC(C)c2cccc(O)c2)ccc1F. The van der Waals surface area contributed by atoms with Crippen molar-refractivity contribution in [1.29, 1.82) is 0 Å². The molecule has 0 saturated heterocycles. The standard InChI is InChI=1S/C17H20FNO2/c1-11(13-5-4-6-15(20)9-13)19-12(2)14-7-8-16(18)17(10-14)21-3/h4-12,19-20H,1-3H3. The molecule has 3 nitrogen and oxygen atoms in total. The lowest BCUT2D eigenvalue weighted by atomic mass is 10.0. The zero-order valence-electron chi connectivity index (χ0n) is 12.4. The van der Waals surface area contributed by atoms with E-state index in [9.17, 15) is 9.50 Å². The number of hydrogen-bond donors (Lipinski definition) is 2. The van der Waals surface area contributed by atoms with Crippen LogP contribution in [-0.4, -0.2) is 12.2 Å². The molecule has 0 amide bonds. The van der Waals surface area contributed by atoms with E-state index in [2.05, 4.69) is 5.32 Å². The normalized spacial score (nSPS) is 13.7. The summed E-state index contributed by atoms with van der Waals surface area (Å²) >= 11 is 0. The van der Waals surface area contributed by atoms with Crippen molar-refractivity contribution in [3.63, 3.8) is 0 Å². The molecule has 0 aliphatic heterocycles. The van der Waals surface area contributed by atoms with Gasteiger partial charge in [0, 0.05) is 12.1 Å². The van der Waals surface area contributed by atoms with Crippen molar-refractivity contribution in [3.05, 3.63) is 59.4 Å². The number of halogens is 1. The third-order valence-electron chi connectivity index (χ3n) is 3.55. The van der Waals surface area contributed by atoms with Crippen LogP contribution in [0.25, 0.3) is 0 Å². The van der Waals surface area contributed by atoms with Gasteiger partial charge in [0.05, 0.1) is 7.11 Å². The first-order valence-electron chi connectivity index (χ1n) is 6.89. The molecule has 0 aliphatic rings. The van der Waals surface area contributed by atoms with Gasteiger partial charge in [-0.15, -0.1) is 0 Å². The summed E-state index contributed by atoms with van der Waals surface area (Å²) in [6.07, 6.45) is 0. The van der Waals surface area contributed by atoms with E-state index in [1.165, 1.54) is 13.2 Å². The number of phenolic OH excluding ortho intramolecular Hbond substituents is 1. The molecule has 0 heterocycles. The summed E-state index contributed by atoms with van der Waals surface area (Å²) in [5.74, 6) is 0.123. The molecular weight excluding hydrogens is 269 g/mol. The second kappa shape index (κ2) is 6.59. The fourth-order valence-corrected chi connectivity index (χ4v) is 2.31. The van der Waals surface area contributed by atoms with Crippen molar-refractivity contribution in [2.75, 3.05) is 7.11 Å². The molecule has 2 aromatic carbocycles. The number of hydrogen-bond acceptors (Lipinski definition) is 3. The van der Waals surface area contributed by atoms with E-state index >= 15 is 0 Å². The molecule has 0 bridgehead atoms. The fourth-order valence-electron chi connectivity index (χ4n) is 2.31. The summed E-state index contributed by atoms with van der Waals surface area (Å²) in [4.78, 5) is 0. The van der Waals surface area contributed by atoms with Crippen LogP contribution in [0.2, 0.25) is 0 Å². The van der Waals surface area contributed by atoms with Crippen LogP contribution in [0.1, 0.15) is 37.1 Å². The number of aromatic hydroxyl groups is 1. The first-order chi connectivity index (χ1) is 10.0. The Labute approximate surface area is 124 Å². The molecule has 2 atom stereocenters. The molecule has 0 spiro atoms. The summed E-state index contributed by atoms with van der Waals surface area (Å²) < 4.78 is 18.4. The van der Waals surface area contributed by atoms with Crippen LogP contribution < -0.4 is 10.1 Å². The smallest absolute Gasteiger partial charge is 0.165 e. The Morgan fingerprint density at radius 1 is 1.05 bits per heavy atom. The lowest BCUT2D eigenvalue weighted by Crippen LogP contribution is -2.22. The van der Waals surface area contributed by atoms with Crippen LogP contribution in [-0.2, 0) is 0 Å². The summed E-state index contributed by atoms with van der Waals surface area (Å²) in [6.45, 7) is 4.03. The first kappa shape index (κ1) is 15.3. The van der Waals surface area contributed by atoms with Crippen molar-refractivity contribution in [3.8, 4) is 11.5 Å². The number of ether oxygens (including phenoxy) is 1. The molecule has 0 fully saturated rings. The van der Waals surface area contributed by atoms with Gasteiger partial charge in [-0.25, -0.2) is 4.39 Å². The quantitative estimate of drug-likeness (QED) is 0.875. The topological polar surface area (TPSA) is 41.5 Å². The average molecular weight is 289 g/mol. The van der Waals surface area contributed by atoms with Gasteiger partial charge in [-0.1, -0.05) is 18.2 Å². The van der Waals surface area contributed by atoms with Gasteiger partial charge < -0.3 is 15.2 Å². The van der Waals surface area contributed by atoms with Crippen LogP contribution in [0, 0.1) is 5.82 Å². The van der Waals surface area contributed by atoms with Gasteiger partial charge in [0.25, 0.3) is 0 Å². The average Bonchev–Trinajstić information content (AvgIpc) is 2.47. The second-order valence-electron chi connectivity index (χ2n) is 5.10. The summed E-state index contributed by atoms with van der Waals surface area (Å²) in [7, 11) is 1.45. The third kappa shape index (κ3) is 3.73. The molecule has 0 aliphatic carbocycles. The molecule has 112 valence electrons. The van der Waals surface area contributed by atoms with Crippen LogP contribution >= 0.6 is 0 Å². The first-order valence-corrected chi connectivity index (χ1v) is 6.89. The molecule has 21 heavy (non-hydrogen) atoms. The molecule has 2 unspecified atom stereocenters. The monoisotopic (exact) mass is 289 g/mol. The van der Waals surface area contributed by atoms with Gasteiger partial charge in [0.1, 0.15) is 5.75 Å². The molecule has 0 radical (unpaired) electrons. The number of nitrogens with one attached hydrogen (secondary N) is 1. The van der Waals surface area contributed by atoms with Crippen molar-refractivity contribution >= 4 is 0 Å². The Bertz CT molecular complexity index is 615. The minimum Gasteiger partial charge on any atom is -0.508 e. The molecule has 2 aromatic rings. The highest BCUT2D eigenvalue weighted by Crippen LogP contribution is 2.25. The Hall–Kier alpha value is -2.07. The van der Waals surface area contributed by atoms with Crippen LogP contribution in [0.4, 0.5) is 4.39 Å². The Kier molecular flexibility index (Phi) is 4.81. The van der Waals surface area contributed by atoms with Crippen LogP contribution in [0.5, 0.6) is 11.5 Å². The number of methoxy groups -OCH3 is 1. The molecular formula is C17H20FNO2. The molecule has 0 aromatic heterocycles. The molecule has 2 rings (SSSR count). The predicted octanol–water partition coefficient (Wildman–Crippen LogP) is 3.95. The highest BCUT2D eigenvalue weighted by atomic mass is 19.1. The van der Waals surface area contributed by atoms with E-state index < -0.39 is 0 Å². The highest BCUT2D eigenvalue weighted by molar-refractivity contribution is 5.33. The Morgan fingerprint density at radius 2 is 1.71 bits per heavy atom. The maximum atomic E-state index is 13.4. The Balaban J connectivity index is 2.12. The van der Waals surface area contributed by atoms with Gasteiger partial charge in [0.2, 0.25) is 0 Å². The van der Waals surface area contributed by atoms with E-state index in [1.807, 2.05) is 26.0 Å². The fraction of sp³-hybridized carbons (Fsp3) is 0.294. The van der Waals surface area contributed by atoms with Crippen molar-refractivity contribution in [2.45, 2.75) is 25.9 Å². The predicted molar refractivity (Wildman–Crippen MR) is 81.0 cm³/mol. The number of benzene rings is 2. The molecule has 2 N–H and O–H groups in total. The van der Waals surface area contributed by atoms with E-state index in [0.717, 1.165) is 11.1 Å². The van der Waals surface area contributed by atoms with E-state index in [-0.39, 0.29) is 29.4 Å². The maximum Gasteiger partial charge on any atom is 0.165 e. The summed E-state index contributed by atoms with van der Waals surface area (Å²) in [6, 6.07) is 12.1. The van der Waals surface area contributed by atoms with Gasteiger partial charge in [-0.3, -0.25) is 0 Å². The molecule has 4 heteroatoms. The zero-order valence-corrected chi connectivity index (χ0v) is 12.4. The maximum absolute atomic E-state index is 13.4. The van der Waals surface area contributed by atoms with Gasteiger partial charge in [0.15, 0.2) is 11.6 Å². The Morgan fingerprint density at radius 3 is 2.33 bits per heavy atom. The van der Waals surface area contributed by atoms with Gasteiger partial charge in [-0.05, 0) is 49.2 Å². The van der Waals surface area contributed by atoms with Crippen LogP contribution in [0.3, 0.4) is 0 Å². The van der Waals surface area contributed by atoms with Crippen molar-refractivity contribution in [1.82, 2.24) is 5.32 Å². The largest absolute Gasteiger partial charge is 0.508 e. The summed E-state index contributed by atoms with van der Waals surface area (Å²) in [5.41, 5.74) is 1.94. The van der Waals surface area contributed by atoms with E-state index in [1.54, 1.807) is 24.3 Å². The van der Waals surface area contributed by atoms with Crippen LogP contribution in [0.15, 0.2) is 42.5 Å². The van der Waals surface area contributed by atoms with Crippen molar-refractivity contribution < 1.29 is 14.2 Å². The van der Waals surface area contributed by atoms with Gasteiger partial charge in [-0.2, -0.15) is 0 Å². The highest BCUT2D eigenvalue weighted by Gasteiger charge is 2.13. The third-order valence-corrected chi connectivity index (χ3v) is 3.55.